The number of anilines is 2. The van der Waals surface area contributed by atoms with E-state index >= 15 is 0 Å². The summed E-state index contributed by atoms with van der Waals surface area (Å²) in [7, 11) is 0. The Morgan fingerprint density at radius 3 is 2.37 bits per heavy atom. The van der Waals surface area contributed by atoms with Crippen LogP contribution in [0.5, 0.6) is 5.75 Å². The van der Waals surface area contributed by atoms with Gasteiger partial charge in [0.2, 0.25) is 0 Å². The predicted molar refractivity (Wildman–Crippen MR) is 76.0 cm³/mol. The number of rotatable bonds is 4. The Hall–Kier alpha value is -2.49. The van der Waals surface area contributed by atoms with Gasteiger partial charge in [0, 0.05) is 23.0 Å². The topological polar surface area (TPSA) is 78.3 Å². The van der Waals surface area contributed by atoms with Crippen LogP contribution in [0.1, 0.15) is 22.8 Å². The molecule has 19 heavy (non-hydrogen) atoms. The highest BCUT2D eigenvalue weighted by atomic mass is 16.5. The molecule has 0 amide bonds. The van der Waals surface area contributed by atoms with E-state index in [0.717, 1.165) is 11.3 Å². The third kappa shape index (κ3) is 3.25. The summed E-state index contributed by atoms with van der Waals surface area (Å²) in [6.45, 7) is 1.92. The molecule has 0 unspecified atom stereocenters. The molecular formula is C15H16N2O2. The first-order valence-corrected chi connectivity index (χ1v) is 5.94. The van der Waals surface area contributed by atoms with Crippen molar-refractivity contribution < 1.29 is 9.53 Å². The normalized spacial score (nSPS) is 10.2. The number of Topliss-reactive ketones (excluding diaryl/α,β-unsaturated/α-hetero) is 1. The maximum atomic E-state index is 11.3. The Morgan fingerprint density at radius 2 is 1.79 bits per heavy atom. The minimum Gasteiger partial charge on any atom is -0.489 e. The summed E-state index contributed by atoms with van der Waals surface area (Å²) in [4.78, 5) is 11.3. The maximum Gasteiger partial charge on any atom is 0.161 e. The van der Waals surface area contributed by atoms with Crippen LogP contribution in [0.4, 0.5) is 11.4 Å². The Bertz CT molecular complexity index is 592. The molecule has 2 aromatic rings. The van der Waals surface area contributed by atoms with Crippen molar-refractivity contribution in [3.63, 3.8) is 0 Å². The Balaban J connectivity index is 2.06. The molecule has 0 radical (unpaired) electrons. The molecule has 4 nitrogen and oxygen atoms in total. The number of nitrogens with two attached hydrogens (primary N) is 2. The van der Waals surface area contributed by atoms with E-state index in [-0.39, 0.29) is 5.78 Å². The Kier molecular flexibility index (Phi) is 3.71. The summed E-state index contributed by atoms with van der Waals surface area (Å²) in [6.07, 6.45) is 0. The monoisotopic (exact) mass is 256 g/mol. The number of hydrogen-bond acceptors (Lipinski definition) is 4. The molecule has 2 aromatic carbocycles. The van der Waals surface area contributed by atoms with Crippen molar-refractivity contribution in [2.24, 2.45) is 0 Å². The molecule has 4 N–H and O–H groups in total. The maximum absolute atomic E-state index is 11.3. The van der Waals surface area contributed by atoms with Crippen LogP contribution < -0.4 is 16.2 Å². The lowest BCUT2D eigenvalue weighted by molar-refractivity contribution is 0.101. The Morgan fingerprint density at radius 1 is 1.11 bits per heavy atom. The zero-order valence-corrected chi connectivity index (χ0v) is 10.7. The van der Waals surface area contributed by atoms with E-state index in [1.165, 1.54) is 6.92 Å². The van der Waals surface area contributed by atoms with Crippen molar-refractivity contribution in [3.05, 3.63) is 53.6 Å². The lowest BCUT2D eigenvalue weighted by atomic mass is 10.1. The highest BCUT2D eigenvalue weighted by molar-refractivity contribution is 5.99. The number of ether oxygens (including phenoxy) is 1. The first-order chi connectivity index (χ1) is 9.06. The van der Waals surface area contributed by atoms with Gasteiger partial charge in [0.1, 0.15) is 12.4 Å². The first-order valence-electron chi connectivity index (χ1n) is 5.94. The van der Waals surface area contributed by atoms with Crippen LogP contribution in [0.25, 0.3) is 0 Å². The van der Waals surface area contributed by atoms with E-state index in [0.29, 0.717) is 23.6 Å². The van der Waals surface area contributed by atoms with Crippen molar-refractivity contribution in [3.8, 4) is 5.75 Å². The fraction of sp³-hybridized carbons (Fsp3) is 0.133. The zero-order chi connectivity index (χ0) is 13.8. The van der Waals surface area contributed by atoms with Gasteiger partial charge in [-0.3, -0.25) is 4.79 Å². The molecular weight excluding hydrogens is 240 g/mol. The van der Waals surface area contributed by atoms with Crippen LogP contribution in [0.2, 0.25) is 0 Å². The quantitative estimate of drug-likeness (QED) is 0.651. The molecule has 0 bridgehead atoms. The van der Waals surface area contributed by atoms with Gasteiger partial charge in [-0.2, -0.15) is 0 Å². The van der Waals surface area contributed by atoms with Gasteiger partial charge in [-0.15, -0.1) is 0 Å². The number of nitrogen functional groups attached to an aromatic ring is 2. The standard InChI is InChI=1S/C15H16N2O2/c1-10(18)14-7-6-13(8-15(14)17)19-9-11-2-4-12(16)5-3-11/h2-8H,9,16-17H2,1H3. The average molecular weight is 256 g/mol. The van der Waals surface area contributed by atoms with Gasteiger partial charge in [0.05, 0.1) is 0 Å². The number of ketones is 1. The highest BCUT2D eigenvalue weighted by Gasteiger charge is 2.06. The first kappa shape index (κ1) is 13.0. The van der Waals surface area contributed by atoms with Crippen LogP contribution >= 0.6 is 0 Å². The van der Waals surface area contributed by atoms with E-state index in [2.05, 4.69) is 0 Å². The van der Waals surface area contributed by atoms with Crippen molar-refractivity contribution >= 4 is 17.2 Å². The summed E-state index contributed by atoms with van der Waals surface area (Å²) >= 11 is 0. The number of benzene rings is 2. The molecule has 0 heterocycles. The molecule has 98 valence electrons. The van der Waals surface area contributed by atoms with Gasteiger partial charge >= 0.3 is 0 Å². The van der Waals surface area contributed by atoms with Crippen molar-refractivity contribution in [1.82, 2.24) is 0 Å². The summed E-state index contributed by atoms with van der Waals surface area (Å²) in [5.41, 5.74) is 14.1. The second-order valence-electron chi connectivity index (χ2n) is 4.34. The van der Waals surface area contributed by atoms with E-state index in [1.807, 2.05) is 24.3 Å². The van der Waals surface area contributed by atoms with E-state index in [9.17, 15) is 4.79 Å². The van der Waals surface area contributed by atoms with E-state index < -0.39 is 0 Å². The van der Waals surface area contributed by atoms with Crippen LogP contribution in [-0.2, 0) is 6.61 Å². The van der Waals surface area contributed by atoms with E-state index in [4.69, 9.17) is 16.2 Å². The lowest BCUT2D eigenvalue weighted by Crippen LogP contribution is -2.01. The zero-order valence-electron chi connectivity index (χ0n) is 10.7. The molecule has 0 aliphatic rings. The van der Waals surface area contributed by atoms with Crippen molar-refractivity contribution in [1.29, 1.82) is 0 Å². The average Bonchev–Trinajstić information content (AvgIpc) is 2.37. The summed E-state index contributed by atoms with van der Waals surface area (Å²) in [6, 6.07) is 12.5. The minimum atomic E-state index is -0.0532. The number of carbonyl (C=O) groups excluding carboxylic acids is 1. The van der Waals surface area contributed by atoms with Gasteiger partial charge in [-0.25, -0.2) is 0 Å². The second-order valence-corrected chi connectivity index (χ2v) is 4.34. The van der Waals surface area contributed by atoms with Crippen molar-refractivity contribution in [2.45, 2.75) is 13.5 Å². The Labute approximate surface area is 112 Å². The molecule has 4 heteroatoms. The van der Waals surface area contributed by atoms with Gasteiger partial charge in [-0.1, -0.05) is 12.1 Å². The SMILES string of the molecule is CC(=O)c1ccc(OCc2ccc(N)cc2)cc1N. The minimum absolute atomic E-state index is 0.0532. The van der Waals surface area contributed by atoms with Crippen LogP contribution in [-0.4, -0.2) is 5.78 Å². The van der Waals surface area contributed by atoms with Gasteiger partial charge in [0.15, 0.2) is 5.78 Å². The predicted octanol–water partition coefficient (Wildman–Crippen LogP) is 2.63. The lowest BCUT2D eigenvalue weighted by Gasteiger charge is -2.09. The van der Waals surface area contributed by atoms with Crippen LogP contribution in [0, 0.1) is 0 Å². The fourth-order valence-electron chi connectivity index (χ4n) is 1.73. The van der Waals surface area contributed by atoms with Gasteiger partial charge in [-0.05, 0) is 36.8 Å². The fourth-order valence-corrected chi connectivity index (χ4v) is 1.73. The summed E-state index contributed by atoms with van der Waals surface area (Å²) in [5, 5.41) is 0. The third-order valence-electron chi connectivity index (χ3n) is 2.79. The summed E-state index contributed by atoms with van der Waals surface area (Å²) < 4.78 is 5.62. The molecule has 0 aliphatic heterocycles. The molecule has 2 rings (SSSR count). The molecule has 0 aromatic heterocycles. The van der Waals surface area contributed by atoms with Gasteiger partial charge in [0.25, 0.3) is 0 Å². The smallest absolute Gasteiger partial charge is 0.161 e. The van der Waals surface area contributed by atoms with E-state index in [1.54, 1.807) is 18.2 Å². The molecule has 0 atom stereocenters. The number of carbonyl (C=O) groups is 1. The van der Waals surface area contributed by atoms with Crippen LogP contribution in [0.3, 0.4) is 0 Å². The highest BCUT2D eigenvalue weighted by Crippen LogP contribution is 2.21. The molecule has 0 fully saturated rings. The van der Waals surface area contributed by atoms with Crippen molar-refractivity contribution in [2.75, 3.05) is 11.5 Å². The largest absolute Gasteiger partial charge is 0.489 e. The third-order valence-corrected chi connectivity index (χ3v) is 2.79. The number of hydrogen-bond donors (Lipinski definition) is 2. The second kappa shape index (κ2) is 5.44. The van der Waals surface area contributed by atoms with Crippen LogP contribution in [0.15, 0.2) is 42.5 Å². The molecule has 0 aliphatic carbocycles. The van der Waals surface area contributed by atoms with Gasteiger partial charge < -0.3 is 16.2 Å². The molecule has 0 saturated heterocycles. The summed E-state index contributed by atoms with van der Waals surface area (Å²) in [5.74, 6) is 0.585. The molecule has 0 saturated carbocycles. The molecule has 0 spiro atoms.